The minimum atomic E-state index is -0.483. The predicted molar refractivity (Wildman–Crippen MR) is 73.5 cm³/mol. The van der Waals surface area contributed by atoms with Gasteiger partial charge in [-0.2, -0.15) is 0 Å². The number of hydrogen-bond acceptors (Lipinski definition) is 4. The number of phenols is 1. The quantitative estimate of drug-likeness (QED) is 0.662. The number of rotatable bonds is 4. The molecule has 0 aliphatic rings. The molecule has 19 heavy (non-hydrogen) atoms. The van der Waals surface area contributed by atoms with Crippen LogP contribution in [0, 0.1) is 10.1 Å². The topological polar surface area (TPSA) is 75.4 Å². The molecule has 0 aliphatic carbocycles. The van der Waals surface area contributed by atoms with Crippen LogP contribution in [0.2, 0.25) is 5.02 Å². The van der Waals surface area contributed by atoms with Crippen LogP contribution < -0.4 is 5.32 Å². The van der Waals surface area contributed by atoms with Gasteiger partial charge in [0.25, 0.3) is 5.69 Å². The standard InChI is InChI=1S/C13H11ClN2O3/c14-10-5-6-12(16(18)19)11(7-10)15-8-9-3-1-2-4-13(9)17/h1-7,15,17H,8H2. The summed E-state index contributed by atoms with van der Waals surface area (Å²) in [7, 11) is 0. The Balaban J connectivity index is 2.22. The van der Waals surface area contributed by atoms with Gasteiger partial charge >= 0.3 is 0 Å². The van der Waals surface area contributed by atoms with Gasteiger partial charge in [-0.25, -0.2) is 0 Å². The first-order chi connectivity index (χ1) is 9.08. The molecule has 0 atom stereocenters. The molecule has 0 aliphatic heterocycles. The van der Waals surface area contributed by atoms with E-state index in [1.165, 1.54) is 18.2 Å². The Morgan fingerprint density at radius 3 is 2.68 bits per heavy atom. The van der Waals surface area contributed by atoms with E-state index in [1.54, 1.807) is 24.3 Å². The molecule has 0 saturated carbocycles. The monoisotopic (exact) mass is 278 g/mol. The SMILES string of the molecule is O=[N+]([O-])c1ccc(Cl)cc1NCc1ccccc1O. The maximum Gasteiger partial charge on any atom is 0.292 e. The summed E-state index contributed by atoms with van der Waals surface area (Å²) in [6.07, 6.45) is 0. The zero-order chi connectivity index (χ0) is 13.8. The van der Waals surface area contributed by atoms with Gasteiger partial charge in [0.15, 0.2) is 0 Å². The molecule has 0 spiro atoms. The van der Waals surface area contributed by atoms with Crippen molar-refractivity contribution >= 4 is 23.0 Å². The molecule has 0 heterocycles. The van der Waals surface area contributed by atoms with E-state index in [9.17, 15) is 15.2 Å². The van der Waals surface area contributed by atoms with Crippen molar-refractivity contribution in [2.75, 3.05) is 5.32 Å². The third-order valence-corrected chi connectivity index (χ3v) is 2.85. The van der Waals surface area contributed by atoms with E-state index in [2.05, 4.69) is 5.32 Å². The summed E-state index contributed by atoms with van der Waals surface area (Å²) in [5.41, 5.74) is 0.914. The van der Waals surface area contributed by atoms with E-state index in [0.29, 0.717) is 16.3 Å². The highest BCUT2D eigenvalue weighted by molar-refractivity contribution is 6.31. The molecule has 0 bridgehead atoms. The Labute approximate surface area is 114 Å². The van der Waals surface area contributed by atoms with Gasteiger partial charge in [-0.15, -0.1) is 0 Å². The lowest BCUT2D eigenvalue weighted by Gasteiger charge is -2.08. The first-order valence-corrected chi connectivity index (χ1v) is 5.90. The largest absolute Gasteiger partial charge is 0.508 e. The highest BCUT2D eigenvalue weighted by Crippen LogP contribution is 2.28. The van der Waals surface area contributed by atoms with Gasteiger partial charge < -0.3 is 10.4 Å². The Hall–Kier alpha value is -2.27. The van der Waals surface area contributed by atoms with Crippen molar-refractivity contribution in [3.63, 3.8) is 0 Å². The molecule has 0 saturated heterocycles. The summed E-state index contributed by atoms with van der Waals surface area (Å²) in [6.45, 7) is 0.272. The highest BCUT2D eigenvalue weighted by Gasteiger charge is 2.13. The summed E-state index contributed by atoms with van der Waals surface area (Å²) in [6, 6.07) is 11.1. The number of phenolic OH excluding ortho intramolecular Hbond substituents is 1. The van der Waals surface area contributed by atoms with Crippen molar-refractivity contribution in [3.05, 3.63) is 63.2 Å². The van der Waals surface area contributed by atoms with Crippen LogP contribution in [0.1, 0.15) is 5.56 Å². The fourth-order valence-corrected chi connectivity index (χ4v) is 1.83. The number of anilines is 1. The second-order valence-corrected chi connectivity index (χ2v) is 4.34. The summed E-state index contributed by atoms with van der Waals surface area (Å²) in [5, 5.41) is 23.8. The van der Waals surface area contributed by atoms with Crippen LogP contribution in [0.4, 0.5) is 11.4 Å². The van der Waals surface area contributed by atoms with Crippen LogP contribution in [0.3, 0.4) is 0 Å². The molecule has 0 amide bonds. The van der Waals surface area contributed by atoms with Gasteiger partial charge in [0.05, 0.1) is 4.92 Å². The van der Waals surface area contributed by atoms with E-state index >= 15 is 0 Å². The van der Waals surface area contributed by atoms with Gasteiger partial charge in [-0.05, 0) is 18.2 Å². The third kappa shape index (κ3) is 3.14. The summed E-state index contributed by atoms with van der Waals surface area (Å²) < 4.78 is 0. The fourth-order valence-electron chi connectivity index (χ4n) is 1.66. The molecule has 98 valence electrons. The predicted octanol–water partition coefficient (Wildman–Crippen LogP) is 3.57. The van der Waals surface area contributed by atoms with E-state index in [-0.39, 0.29) is 18.0 Å². The minimum absolute atomic E-state index is 0.0557. The smallest absolute Gasteiger partial charge is 0.292 e. The molecule has 2 aromatic carbocycles. The number of benzene rings is 2. The molecule has 0 fully saturated rings. The van der Waals surface area contributed by atoms with Crippen LogP contribution in [0.15, 0.2) is 42.5 Å². The van der Waals surface area contributed by atoms with Crippen molar-refractivity contribution in [2.24, 2.45) is 0 Å². The number of para-hydroxylation sites is 1. The van der Waals surface area contributed by atoms with Gasteiger partial charge in [-0.3, -0.25) is 10.1 Å². The average Bonchev–Trinajstić information content (AvgIpc) is 2.37. The van der Waals surface area contributed by atoms with Crippen LogP contribution >= 0.6 is 11.6 Å². The van der Waals surface area contributed by atoms with Gasteiger partial charge in [0.2, 0.25) is 0 Å². The minimum Gasteiger partial charge on any atom is -0.508 e. The Morgan fingerprint density at radius 1 is 1.26 bits per heavy atom. The molecular weight excluding hydrogens is 268 g/mol. The lowest BCUT2D eigenvalue weighted by atomic mass is 10.2. The first kappa shape index (κ1) is 13.2. The number of nitrogens with zero attached hydrogens (tertiary/aromatic N) is 1. The zero-order valence-electron chi connectivity index (χ0n) is 9.84. The van der Waals surface area contributed by atoms with Gasteiger partial charge in [-0.1, -0.05) is 29.8 Å². The van der Waals surface area contributed by atoms with E-state index in [4.69, 9.17) is 11.6 Å². The average molecular weight is 279 g/mol. The Kier molecular flexibility index (Phi) is 3.87. The normalized spacial score (nSPS) is 10.2. The number of aromatic hydroxyl groups is 1. The van der Waals surface area contributed by atoms with Crippen LogP contribution in [-0.4, -0.2) is 10.0 Å². The Morgan fingerprint density at radius 2 is 2.00 bits per heavy atom. The second-order valence-electron chi connectivity index (χ2n) is 3.90. The number of nitrogens with one attached hydrogen (secondary N) is 1. The Bertz CT molecular complexity index is 617. The lowest BCUT2D eigenvalue weighted by molar-refractivity contribution is -0.384. The fraction of sp³-hybridized carbons (Fsp3) is 0.0769. The van der Waals surface area contributed by atoms with Crippen molar-refractivity contribution < 1.29 is 10.0 Å². The summed E-state index contributed by atoms with van der Waals surface area (Å²) in [4.78, 5) is 10.4. The van der Waals surface area contributed by atoms with Crippen molar-refractivity contribution in [2.45, 2.75) is 6.54 Å². The highest BCUT2D eigenvalue weighted by atomic mass is 35.5. The molecule has 0 aromatic heterocycles. The molecule has 5 nitrogen and oxygen atoms in total. The van der Waals surface area contributed by atoms with E-state index in [1.807, 2.05) is 0 Å². The maximum absolute atomic E-state index is 10.9. The number of nitro groups is 1. The first-order valence-electron chi connectivity index (χ1n) is 5.52. The molecule has 6 heteroatoms. The zero-order valence-corrected chi connectivity index (χ0v) is 10.6. The van der Waals surface area contributed by atoms with E-state index in [0.717, 1.165) is 0 Å². The molecule has 0 radical (unpaired) electrons. The van der Waals surface area contributed by atoms with Crippen molar-refractivity contribution in [1.82, 2.24) is 0 Å². The molecule has 0 unspecified atom stereocenters. The number of hydrogen-bond donors (Lipinski definition) is 2. The van der Waals surface area contributed by atoms with Gasteiger partial charge in [0, 0.05) is 23.2 Å². The maximum atomic E-state index is 10.9. The molecule has 2 N–H and O–H groups in total. The van der Waals surface area contributed by atoms with Crippen LogP contribution in [0.25, 0.3) is 0 Å². The van der Waals surface area contributed by atoms with Crippen molar-refractivity contribution in [1.29, 1.82) is 0 Å². The third-order valence-electron chi connectivity index (χ3n) is 2.62. The second kappa shape index (κ2) is 5.58. The number of halogens is 1. The summed E-state index contributed by atoms with van der Waals surface area (Å²) >= 11 is 5.82. The summed E-state index contributed by atoms with van der Waals surface area (Å²) in [5.74, 6) is 0.139. The number of nitro benzene ring substituents is 1. The lowest BCUT2D eigenvalue weighted by Crippen LogP contribution is -2.02. The van der Waals surface area contributed by atoms with Crippen LogP contribution in [-0.2, 0) is 6.54 Å². The van der Waals surface area contributed by atoms with E-state index < -0.39 is 4.92 Å². The molecular formula is C13H11ClN2O3. The molecule has 2 aromatic rings. The van der Waals surface area contributed by atoms with Gasteiger partial charge in [0.1, 0.15) is 11.4 Å². The van der Waals surface area contributed by atoms with Crippen LogP contribution in [0.5, 0.6) is 5.75 Å². The molecule has 2 rings (SSSR count). The van der Waals surface area contributed by atoms with Crippen molar-refractivity contribution in [3.8, 4) is 5.75 Å².